The lowest BCUT2D eigenvalue weighted by atomic mass is 10.2. The van der Waals surface area contributed by atoms with Crippen molar-refractivity contribution in [1.82, 2.24) is 10.7 Å². The van der Waals surface area contributed by atoms with Gasteiger partial charge in [0.25, 0.3) is 11.8 Å². The predicted octanol–water partition coefficient (Wildman–Crippen LogP) is 2.47. The van der Waals surface area contributed by atoms with E-state index in [1.807, 2.05) is 6.07 Å². The molecule has 0 atom stereocenters. The highest BCUT2D eigenvalue weighted by Crippen LogP contribution is 2.34. The van der Waals surface area contributed by atoms with E-state index in [9.17, 15) is 9.59 Å². The Morgan fingerprint density at radius 2 is 2.06 bits per heavy atom. The first-order valence-electron chi connectivity index (χ1n) is 9.12. The number of benzene rings is 2. The van der Waals surface area contributed by atoms with Crippen LogP contribution in [0.2, 0.25) is 0 Å². The number of methoxy groups -OCH3 is 1. The van der Waals surface area contributed by atoms with Crippen LogP contribution in [0.3, 0.4) is 0 Å². The van der Waals surface area contributed by atoms with Crippen molar-refractivity contribution in [2.75, 3.05) is 27.1 Å². The van der Waals surface area contributed by atoms with Crippen LogP contribution in [-0.2, 0) is 4.79 Å². The van der Waals surface area contributed by atoms with Gasteiger partial charge in [0, 0.05) is 5.56 Å². The molecule has 1 heterocycles. The zero-order valence-corrected chi connectivity index (χ0v) is 18.8. The van der Waals surface area contributed by atoms with Crippen LogP contribution >= 0.6 is 22.6 Å². The quantitative estimate of drug-likeness (QED) is 0.220. The summed E-state index contributed by atoms with van der Waals surface area (Å²) >= 11 is 2.12. The molecule has 2 amide bonds. The van der Waals surface area contributed by atoms with E-state index in [-0.39, 0.29) is 13.3 Å². The normalized spacial score (nSPS) is 11.8. The standard InChI is InChI=1S/C21H20IN3O6/c1-3-6-29-20-15(22)7-13(8-18(20)28-2)10-24-25-19(26)11-23-21(27)14-4-5-16-17(9-14)31-12-30-16/h3-5,7-10H,1,6,11-12H2,2H3,(H,23,27)(H,25,26). The second-order valence-corrected chi connectivity index (χ2v) is 7.34. The molecular weight excluding hydrogens is 517 g/mol. The van der Waals surface area contributed by atoms with Gasteiger partial charge in [-0.1, -0.05) is 12.7 Å². The molecule has 0 spiro atoms. The van der Waals surface area contributed by atoms with Crippen molar-refractivity contribution in [1.29, 1.82) is 0 Å². The van der Waals surface area contributed by atoms with E-state index < -0.39 is 11.8 Å². The molecule has 162 valence electrons. The number of rotatable bonds is 9. The third kappa shape index (κ3) is 5.87. The van der Waals surface area contributed by atoms with E-state index in [0.717, 1.165) is 3.57 Å². The molecule has 1 aliphatic heterocycles. The Morgan fingerprint density at radius 1 is 1.26 bits per heavy atom. The van der Waals surface area contributed by atoms with Gasteiger partial charge in [-0.15, -0.1) is 0 Å². The van der Waals surface area contributed by atoms with E-state index in [2.05, 4.69) is 45.0 Å². The zero-order valence-electron chi connectivity index (χ0n) is 16.6. The van der Waals surface area contributed by atoms with Crippen LogP contribution in [0.4, 0.5) is 0 Å². The van der Waals surface area contributed by atoms with Gasteiger partial charge in [-0.3, -0.25) is 9.59 Å². The van der Waals surface area contributed by atoms with E-state index in [0.29, 0.717) is 40.7 Å². The Morgan fingerprint density at radius 3 is 2.84 bits per heavy atom. The van der Waals surface area contributed by atoms with Crippen molar-refractivity contribution >= 4 is 40.6 Å². The van der Waals surface area contributed by atoms with E-state index in [4.69, 9.17) is 18.9 Å². The number of ether oxygens (including phenoxy) is 4. The van der Waals surface area contributed by atoms with Crippen molar-refractivity contribution in [3.05, 3.63) is 57.7 Å². The topological polar surface area (TPSA) is 107 Å². The summed E-state index contributed by atoms with van der Waals surface area (Å²) in [4.78, 5) is 24.2. The van der Waals surface area contributed by atoms with Gasteiger partial charge in [0.15, 0.2) is 23.0 Å². The molecule has 0 saturated carbocycles. The maximum absolute atomic E-state index is 12.2. The molecule has 31 heavy (non-hydrogen) atoms. The Kier molecular flexibility index (Phi) is 7.70. The van der Waals surface area contributed by atoms with Crippen LogP contribution in [-0.4, -0.2) is 45.1 Å². The number of hydrogen-bond acceptors (Lipinski definition) is 7. The molecule has 2 N–H and O–H groups in total. The van der Waals surface area contributed by atoms with Gasteiger partial charge < -0.3 is 24.3 Å². The van der Waals surface area contributed by atoms with Crippen LogP contribution < -0.4 is 29.7 Å². The molecule has 3 rings (SSSR count). The fourth-order valence-electron chi connectivity index (χ4n) is 2.62. The summed E-state index contributed by atoms with van der Waals surface area (Å²) in [6.45, 7) is 3.87. The van der Waals surface area contributed by atoms with Crippen LogP contribution in [0.1, 0.15) is 15.9 Å². The number of carbonyl (C=O) groups is 2. The van der Waals surface area contributed by atoms with Crippen molar-refractivity contribution in [3.8, 4) is 23.0 Å². The minimum atomic E-state index is -0.474. The molecule has 9 nitrogen and oxygen atoms in total. The lowest BCUT2D eigenvalue weighted by Crippen LogP contribution is -2.34. The molecule has 1 aliphatic rings. The Bertz CT molecular complexity index is 1020. The molecule has 0 radical (unpaired) electrons. The van der Waals surface area contributed by atoms with Crippen LogP contribution in [0, 0.1) is 3.57 Å². The van der Waals surface area contributed by atoms with Gasteiger partial charge >= 0.3 is 0 Å². The van der Waals surface area contributed by atoms with Crippen molar-refractivity contribution < 1.29 is 28.5 Å². The molecule has 10 heteroatoms. The first-order valence-corrected chi connectivity index (χ1v) is 10.2. The molecule has 2 aromatic rings. The number of fused-ring (bicyclic) bond motifs is 1. The van der Waals surface area contributed by atoms with Crippen LogP contribution in [0.25, 0.3) is 0 Å². The largest absolute Gasteiger partial charge is 0.493 e. The highest BCUT2D eigenvalue weighted by Gasteiger charge is 2.16. The summed E-state index contributed by atoms with van der Waals surface area (Å²) < 4.78 is 22.2. The second-order valence-electron chi connectivity index (χ2n) is 6.18. The monoisotopic (exact) mass is 537 g/mol. The van der Waals surface area contributed by atoms with Gasteiger partial charge in [-0.05, 0) is 58.5 Å². The summed E-state index contributed by atoms with van der Waals surface area (Å²) in [7, 11) is 1.54. The van der Waals surface area contributed by atoms with E-state index >= 15 is 0 Å². The number of hydrazone groups is 1. The van der Waals surface area contributed by atoms with Gasteiger partial charge in [-0.2, -0.15) is 5.10 Å². The number of halogens is 1. The molecule has 0 fully saturated rings. The molecule has 0 aliphatic carbocycles. The maximum Gasteiger partial charge on any atom is 0.259 e. The third-order valence-electron chi connectivity index (χ3n) is 4.04. The Hall–Kier alpha value is -3.28. The van der Waals surface area contributed by atoms with Gasteiger partial charge in [0.1, 0.15) is 6.61 Å². The summed E-state index contributed by atoms with van der Waals surface area (Å²) in [6, 6.07) is 8.36. The summed E-state index contributed by atoms with van der Waals surface area (Å²) in [6.07, 6.45) is 3.12. The molecular formula is C21H20IN3O6. The summed E-state index contributed by atoms with van der Waals surface area (Å²) in [5, 5.41) is 6.45. The average Bonchev–Trinajstić information content (AvgIpc) is 3.24. The fourth-order valence-corrected chi connectivity index (χ4v) is 3.40. The molecule has 0 saturated heterocycles. The highest BCUT2D eigenvalue weighted by molar-refractivity contribution is 14.1. The van der Waals surface area contributed by atoms with Crippen molar-refractivity contribution in [2.24, 2.45) is 5.10 Å². The molecule has 0 aromatic heterocycles. The van der Waals surface area contributed by atoms with Crippen molar-refractivity contribution in [2.45, 2.75) is 0 Å². The minimum Gasteiger partial charge on any atom is -0.493 e. The Labute approximate surface area is 192 Å². The Balaban J connectivity index is 1.52. The predicted molar refractivity (Wildman–Crippen MR) is 122 cm³/mol. The number of nitrogens with zero attached hydrogens (tertiary/aromatic N) is 1. The first-order chi connectivity index (χ1) is 15.0. The highest BCUT2D eigenvalue weighted by atomic mass is 127. The van der Waals surface area contributed by atoms with E-state index in [1.165, 1.54) is 13.3 Å². The lowest BCUT2D eigenvalue weighted by Gasteiger charge is -2.12. The van der Waals surface area contributed by atoms with Crippen LogP contribution in [0.15, 0.2) is 48.1 Å². The van der Waals surface area contributed by atoms with Crippen molar-refractivity contribution in [3.63, 3.8) is 0 Å². The SMILES string of the molecule is C=CCOc1c(I)cc(C=NNC(=O)CNC(=O)c2ccc3c(c2)OCO3)cc1OC. The average molecular weight is 537 g/mol. The smallest absolute Gasteiger partial charge is 0.259 e. The fraction of sp³-hybridized carbons (Fsp3) is 0.190. The number of amides is 2. The maximum atomic E-state index is 12.2. The van der Waals surface area contributed by atoms with Gasteiger partial charge in [0.2, 0.25) is 6.79 Å². The second kappa shape index (κ2) is 10.7. The summed E-state index contributed by atoms with van der Waals surface area (Å²) in [5.41, 5.74) is 3.44. The number of hydrogen-bond donors (Lipinski definition) is 2. The third-order valence-corrected chi connectivity index (χ3v) is 4.85. The molecule has 0 bridgehead atoms. The minimum absolute atomic E-state index is 0.121. The van der Waals surface area contributed by atoms with Gasteiger partial charge in [0.05, 0.1) is 23.4 Å². The zero-order chi connectivity index (χ0) is 22.2. The van der Waals surface area contributed by atoms with Gasteiger partial charge in [-0.25, -0.2) is 5.43 Å². The number of nitrogens with one attached hydrogen (secondary N) is 2. The number of carbonyl (C=O) groups excluding carboxylic acids is 2. The summed E-state index contributed by atoms with van der Waals surface area (Å²) in [5.74, 6) is 1.33. The first kappa shape index (κ1) is 22.4. The lowest BCUT2D eigenvalue weighted by molar-refractivity contribution is -0.120. The molecule has 0 unspecified atom stereocenters. The van der Waals surface area contributed by atoms with Crippen LogP contribution in [0.5, 0.6) is 23.0 Å². The van der Waals surface area contributed by atoms with E-state index in [1.54, 1.807) is 30.3 Å². The molecule has 2 aromatic carbocycles.